The molecule has 0 radical (unpaired) electrons. The van der Waals surface area contributed by atoms with Crippen molar-refractivity contribution in [2.45, 2.75) is 32.1 Å². The van der Waals surface area contributed by atoms with Crippen molar-refractivity contribution in [2.24, 2.45) is 0 Å². The molecule has 0 saturated carbocycles. The number of methoxy groups -OCH3 is 2. The normalized spacial score (nSPS) is 14.6. The number of carbonyl (C=O) groups is 1. The quantitative estimate of drug-likeness (QED) is 0.677. The Balaban J connectivity index is 2.40. The topological polar surface area (TPSA) is 55.8 Å². The minimum atomic E-state index is -0.436. The van der Waals surface area contributed by atoms with Crippen molar-refractivity contribution in [3.8, 4) is 11.5 Å². The Morgan fingerprint density at radius 1 is 1.30 bits per heavy atom. The number of aromatic hydroxyl groups is 1. The van der Waals surface area contributed by atoms with Crippen LogP contribution in [0.3, 0.4) is 0 Å². The number of hydrogen-bond acceptors (Lipinski definition) is 4. The fourth-order valence-electron chi connectivity index (χ4n) is 2.55. The van der Waals surface area contributed by atoms with E-state index in [2.05, 4.69) is 6.08 Å². The molecule has 1 aliphatic rings. The van der Waals surface area contributed by atoms with E-state index in [1.807, 2.05) is 0 Å². The Morgan fingerprint density at radius 3 is 2.70 bits per heavy atom. The number of esters is 1. The van der Waals surface area contributed by atoms with E-state index in [1.54, 1.807) is 12.1 Å². The Bertz CT molecular complexity index is 532. The summed E-state index contributed by atoms with van der Waals surface area (Å²) in [4.78, 5) is 11.8. The largest absolute Gasteiger partial charge is 0.504 e. The molecule has 1 aromatic carbocycles. The fourth-order valence-corrected chi connectivity index (χ4v) is 2.55. The number of phenolic OH excluding ortho intramolecular Hbond substituents is 1. The predicted octanol–water partition coefficient (Wildman–Crippen LogP) is 3.23. The van der Waals surface area contributed by atoms with Gasteiger partial charge in [-0.05, 0) is 44.2 Å². The molecule has 0 unspecified atom stereocenters. The van der Waals surface area contributed by atoms with Crippen molar-refractivity contribution in [3.05, 3.63) is 34.9 Å². The number of hydrogen-bond donors (Lipinski definition) is 1. The van der Waals surface area contributed by atoms with E-state index in [4.69, 9.17) is 9.47 Å². The second-order valence-corrected chi connectivity index (χ2v) is 4.92. The minimum absolute atomic E-state index is 0.0295. The highest BCUT2D eigenvalue weighted by atomic mass is 16.5. The van der Waals surface area contributed by atoms with Crippen molar-refractivity contribution in [2.75, 3.05) is 14.2 Å². The number of benzene rings is 1. The Kier molecular flexibility index (Phi) is 4.66. The van der Waals surface area contributed by atoms with Crippen molar-refractivity contribution < 1.29 is 19.4 Å². The molecule has 0 amide bonds. The lowest BCUT2D eigenvalue weighted by molar-refractivity contribution is 0.0599. The molecular formula is C16H20O4. The molecule has 0 fully saturated rings. The van der Waals surface area contributed by atoms with Crippen LogP contribution in [0.25, 0.3) is 0 Å². The average molecular weight is 276 g/mol. The molecule has 0 saturated heterocycles. The second kappa shape index (κ2) is 6.46. The maximum absolute atomic E-state index is 11.8. The number of rotatable bonds is 4. The van der Waals surface area contributed by atoms with E-state index >= 15 is 0 Å². The Labute approximate surface area is 119 Å². The van der Waals surface area contributed by atoms with Crippen LogP contribution in [0.5, 0.6) is 11.5 Å². The molecule has 1 aliphatic carbocycles. The zero-order valence-corrected chi connectivity index (χ0v) is 11.9. The van der Waals surface area contributed by atoms with Gasteiger partial charge in [0.1, 0.15) is 0 Å². The van der Waals surface area contributed by atoms with Crippen LogP contribution in [0.4, 0.5) is 0 Å². The molecule has 0 aromatic heterocycles. The van der Waals surface area contributed by atoms with E-state index in [9.17, 15) is 9.90 Å². The molecule has 108 valence electrons. The van der Waals surface area contributed by atoms with Gasteiger partial charge in [-0.3, -0.25) is 0 Å². The minimum Gasteiger partial charge on any atom is -0.504 e. The molecular weight excluding hydrogens is 256 g/mol. The predicted molar refractivity (Wildman–Crippen MR) is 76.3 cm³/mol. The monoisotopic (exact) mass is 276 g/mol. The van der Waals surface area contributed by atoms with Gasteiger partial charge >= 0.3 is 5.97 Å². The van der Waals surface area contributed by atoms with Crippen molar-refractivity contribution in [3.63, 3.8) is 0 Å². The van der Waals surface area contributed by atoms with Crippen LogP contribution >= 0.6 is 0 Å². The van der Waals surface area contributed by atoms with Gasteiger partial charge in [0.25, 0.3) is 0 Å². The van der Waals surface area contributed by atoms with Gasteiger partial charge in [0, 0.05) is 5.56 Å². The number of ether oxygens (including phenoxy) is 2. The lowest BCUT2D eigenvalue weighted by Crippen LogP contribution is -2.08. The van der Waals surface area contributed by atoms with E-state index in [1.165, 1.54) is 26.2 Å². The molecule has 0 atom stereocenters. The van der Waals surface area contributed by atoms with Gasteiger partial charge in [0.05, 0.1) is 19.8 Å². The fraction of sp³-hybridized carbons (Fsp3) is 0.438. The molecule has 4 heteroatoms. The summed E-state index contributed by atoms with van der Waals surface area (Å²) < 4.78 is 9.91. The van der Waals surface area contributed by atoms with Crippen LogP contribution in [-0.4, -0.2) is 25.3 Å². The first-order valence-corrected chi connectivity index (χ1v) is 6.82. The zero-order valence-electron chi connectivity index (χ0n) is 11.9. The molecule has 0 bridgehead atoms. The molecule has 0 spiro atoms. The average Bonchev–Trinajstić information content (AvgIpc) is 2.49. The van der Waals surface area contributed by atoms with Gasteiger partial charge in [-0.25, -0.2) is 4.79 Å². The molecule has 0 heterocycles. The van der Waals surface area contributed by atoms with Crippen LogP contribution in [-0.2, 0) is 11.2 Å². The summed E-state index contributed by atoms with van der Waals surface area (Å²) in [5.74, 6) is -0.0275. The maximum atomic E-state index is 11.8. The Morgan fingerprint density at radius 2 is 2.10 bits per heavy atom. The summed E-state index contributed by atoms with van der Waals surface area (Å²) in [5.41, 5.74) is 2.24. The van der Waals surface area contributed by atoms with Crippen molar-refractivity contribution in [1.82, 2.24) is 0 Å². The first-order chi connectivity index (χ1) is 9.67. The summed E-state index contributed by atoms with van der Waals surface area (Å²) in [6.45, 7) is 0. The SMILES string of the molecule is COC(=O)c1ccc(OC)c(O)c1CC1=CCCCC1. The third-order valence-electron chi connectivity index (χ3n) is 3.66. The van der Waals surface area contributed by atoms with Crippen LogP contribution in [0, 0.1) is 0 Å². The van der Waals surface area contributed by atoms with Gasteiger partial charge in [0.15, 0.2) is 11.5 Å². The van der Waals surface area contributed by atoms with E-state index in [-0.39, 0.29) is 5.75 Å². The van der Waals surface area contributed by atoms with E-state index < -0.39 is 5.97 Å². The van der Waals surface area contributed by atoms with Gasteiger partial charge in [-0.1, -0.05) is 11.6 Å². The molecule has 20 heavy (non-hydrogen) atoms. The first kappa shape index (κ1) is 14.4. The van der Waals surface area contributed by atoms with Gasteiger partial charge in [-0.2, -0.15) is 0 Å². The summed E-state index contributed by atoms with van der Waals surface area (Å²) >= 11 is 0. The number of phenols is 1. The van der Waals surface area contributed by atoms with Gasteiger partial charge in [-0.15, -0.1) is 0 Å². The summed E-state index contributed by atoms with van der Waals surface area (Å²) in [6.07, 6.45) is 7.20. The molecule has 4 nitrogen and oxygen atoms in total. The standard InChI is InChI=1S/C16H20O4/c1-19-14-9-8-12(16(18)20-2)13(15(14)17)10-11-6-4-3-5-7-11/h6,8-9,17H,3-5,7,10H2,1-2H3. The highest BCUT2D eigenvalue weighted by molar-refractivity contribution is 5.92. The molecule has 0 aliphatic heterocycles. The zero-order chi connectivity index (χ0) is 14.5. The van der Waals surface area contributed by atoms with Crippen molar-refractivity contribution >= 4 is 5.97 Å². The van der Waals surface area contributed by atoms with Gasteiger partial charge < -0.3 is 14.6 Å². The van der Waals surface area contributed by atoms with E-state index in [0.29, 0.717) is 23.3 Å². The van der Waals surface area contributed by atoms with Gasteiger partial charge in [0.2, 0.25) is 0 Å². The first-order valence-electron chi connectivity index (χ1n) is 6.82. The van der Waals surface area contributed by atoms with Crippen LogP contribution in [0.2, 0.25) is 0 Å². The summed E-state index contributed by atoms with van der Waals surface area (Å²) in [7, 11) is 2.84. The summed E-state index contributed by atoms with van der Waals surface area (Å²) in [5, 5.41) is 10.3. The number of allylic oxidation sites excluding steroid dienone is 2. The maximum Gasteiger partial charge on any atom is 0.338 e. The molecule has 1 aromatic rings. The smallest absolute Gasteiger partial charge is 0.338 e. The highest BCUT2D eigenvalue weighted by Gasteiger charge is 2.20. The number of carbonyl (C=O) groups excluding carboxylic acids is 1. The highest BCUT2D eigenvalue weighted by Crippen LogP contribution is 2.35. The van der Waals surface area contributed by atoms with E-state index in [0.717, 1.165) is 19.3 Å². The summed E-state index contributed by atoms with van der Waals surface area (Å²) in [6, 6.07) is 3.23. The second-order valence-electron chi connectivity index (χ2n) is 4.92. The third-order valence-corrected chi connectivity index (χ3v) is 3.66. The van der Waals surface area contributed by atoms with Crippen LogP contribution in [0.1, 0.15) is 41.6 Å². The van der Waals surface area contributed by atoms with Crippen LogP contribution < -0.4 is 4.74 Å². The lowest BCUT2D eigenvalue weighted by Gasteiger charge is -2.17. The molecule has 1 N–H and O–H groups in total. The molecule has 2 rings (SSSR count). The van der Waals surface area contributed by atoms with Crippen LogP contribution in [0.15, 0.2) is 23.8 Å². The lowest BCUT2D eigenvalue weighted by atomic mass is 9.91. The Hall–Kier alpha value is -1.97. The van der Waals surface area contributed by atoms with Crippen molar-refractivity contribution in [1.29, 1.82) is 0 Å². The third kappa shape index (κ3) is 2.95.